The zero-order valence-electron chi connectivity index (χ0n) is 16.2. The summed E-state index contributed by atoms with van der Waals surface area (Å²) in [5.41, 5.74) is 1.99. The van der Waals surface area contributed by atoms with E-state index in [-0.39, 0.29) is 18.4 Å². The highest BCUT2D eigenvalue weighted by Gasteiger charge is 2.33. The maximum Gasteiger partial charge on any atom is 0.252 e. The van der Waals surface area contributed by atoms with Gasteiger partial charge in [-0.3, -0.25) is 4.79 Å². The second kappa shape index (κ2) is 8.25. The number of nitrogens with zero attached hydrogens (tertiary/aromatic N) is 3. The molecule has 1 aromatic carbocycles. The number of thiophene rings is 1. The maximum absolute atomic E-state index is 12.7. The number of hydrogen-bond donors (Lipinski definition) is 1. The lowest BCUT2D eigenvalue weighted by atomic mass is 9.99. The monoisotopic (exact) mass is 432 g/mol. The van der Waals surface area contributed by atoms with E-state index in [2.05, 4.69) is 14.9 Å². The molecule has 9 heteroatoms. The van der Waals surface area contributed by atoms with Gasteiger partial charge in [0.2, 0.25) is 5.91 Å². The third kappa shape index (κ3) is 4.08. The Hall–Kier alpha value is -2.23. The number of para-hydroxylation sites is 2. The van der Waals surface area contributed by atoms with Crippen LogP contribution in [0.5, 0.6) is 0 Å². The molecule has 3 heterocycles. The van der Waals surface area contributed by atoms with Gasteiger partial charge in [-0.15, -0.1) is 11.3 Å². The smallest absolute Gasteiger partial charge is 0.252 e. The predicted octanol–water partition coefficient (Wildman–Crippen LogP) is 2.62. The molecule has 1 atom stereocenters. The fourth-order valence-corrected chi connectivity index (χ4v) is 6.49. The predicted molar refractivity (Wildman–Crippen MR) is 113 cm³/mol. The summed E-state index contributed by atoms with van der Waals surface area (Å²) in [4.78, 5) is 17.2. The molecule has 3 aromatic rings. The number of imidazole rings is 1. The van der Waals surface area contributed by atoms with Gasteiger partial charge in [-0.1, -0.05) is 18.2 Å². The van der Waals surface area contributed by atoms with Gasteiger partial charge in [0.25, 0.3) is 10.0 Å². The van der Waals surface area contributed by atoms with Gasteiger partial charge in [0, 0.05) is 26.2 Å². The Kier molecular flexibility index (Phi) is 5.71. The Morgan fingerprint density at radius 3 is 2.90 bits per heavy atom. The van der Waals surface area contributed by atoms with Crippen LogP contribution in [0.2, 0.25) is 0 Å². The summed E-state index contributed by atoms with van der Waals surface area (Å²) < 4.78 is 29.4. The Balaban J connectivity index is 1.37. The number of aromatic nitrogens is 2. The molecule has 154 valence electrons. The van der Waals surface area contributed by atoms with Crippen molar-refractivity contribution in [3.8, 4) is 0 Å². The Labute approximate surface area is 174 Å². The van der Waals surface area contributed by atoms with Gasteiger partial charge < -0.3 is 9.88 Å². The summed E-state index contributed by atoms with van der Waals surface area (Å²) in [6, 6.07) is 11.3. The molecule has 1 aliphatic rings. The van der Waals surface area contributed by atoms with Gasteiger partial charge in [0.05, 0.1) is 17.0 Å². The number of sulfonamides is 1. The number of carbonyl (C=O) groups excluding carboxylic acids is 1. The first kappa shape index (κ1) is 20.1. The van der Waals surface area contributed by atoms with Gasteiger partial charge in [0.1, 0.15) is 10.0 Å². The normalized spacial score (nSPS) is 18.2. The van der Waals surface area contributed by atoms with Crippen molar-refractivity contribution < 1.29 is 13.2 Å². The van der Waals surface area contributed by atoms with E-state index >= 15 is 0 Å². The Morgan fingerprint density at radius 2 is 2.10 bits per heavy atom. The summed E-state index contributed by atoms with van der Waals surface area (Å²) in [6.45, 7) is 3.76. The molecule has 1 N–H and O–H groups in total. The molecule has 1 saturated heterocycles. The standard InChI is InChI=1S/C20H24N4O3S2/c1-15-22-17-7-2-3-8-18(17)24(15)12-10-21-20(25)16-6-4-11-23(14-16)29(26,27)19-9-5-13-28-19/h2-3,5,7-9,13,16H,4,6,10-12,14H2,1H3,(H,21,25)/t16-/m1/s1. The molecule has 0 bridgehead atoms. The van der Waals surface area contributed by atoms with Crippen LogP contribution >= 0.6 is 11.3 Å². The van der Waals surface area contributed by atoms with Crippen molar-refractivity contribution in [2.45, 2.75) is 30.5 Å². The third-order valence-electron chi connectivity index (χ3n) is 5.32. The summed E-state index contributed by atoms with van der Waals surface area (Å²) in [5, 5.41) is 4.74. The highest BCUT2D eigenvalue weighted by Crippen LogP contribution is 2.26. The molecule has 0 saturated carbocycles. The van der Waals surface area contributed by atoms with E-state index in [1.165, 1.54) is 15.6 Å². The second-order valence-electron chi connectivity index (χ2n) is 7.22. The van der Waals surface area contributed by atoms with Crippen LogP contribution in [0.3, 0.4) is 0 Å². The number of piperidine rings is 1. The van der Waals surface area contributed by atoms with Crippen LogP contribution in [0.1, 0.15) is 18.7 Å². The molecule has 0 spiro atoms. The molecular weight excluding hydrogens is 408 g/mol. The highest BCUT2D eigenvalue weighted by atomic mass is 32.2. The van der Waals surface area contributed by atoms with E-state index in [0.29, 0.717) is 36.7 Å². The number of aryl methyl sites for hydroxylation is 1. The van der Waals surface area contributed by atoms with Crippen LogP contribution in [0.4, 0.5) is 0 Å². The van der Waals surface area contributed by atoms with E-state index in [9.17, 15) is 13.2 Å². The van der Waals surface area contributed by atoms with E-state index in [4.69, 9.17) is 0 Å². The summed E-state index contributed by atoms with van der Waals surface area (Å²) >= 11 is 1.21. The van der Waals surface area contributed by atoms with Crippen LogP contribution in [0, 0.1) is 12.8 Å². The minimum atomic E-state index is -3.51. The van der Waals surface area contributed by atoms with E-state index < -0.39 is 10.0 Å². The molecule has 0 radical (unpaired) electrons. The Bertz CT molecular complexity index is 1110. The van der Waals surface area contributed by atoms with E-state index in [1.54, 1.807) is 17.5 Å². The van der Waals surface area contributed by atoms with Crippen LogP contribution in [0.15, 0.2) is 46.0 Å². The molecule has 4 rings (SSSR count). The van der Waals surface area contributed by atoms with Gasteiger partial charge in [-0.25, -0.2) is 13.4 Å². The average Bonchev–Trinajstić information content (AvgIpc) is 3.37. The fraction of sp³-hybridized carbons (Fsp3) is 0.400. The molecule has 29 heavy (non-hydrogen) atoms. The lowest BCUT2D eigenvalue weighted by Gasteiger charge is -2.30. The van der Waals surface area contributed by atoms with E-state index in [0.717, 1.165) is 16.9 Å². The van der Waals surface area contributed by atoms with Crippen LogP contribution in [-0.4, -0.2) is 47.8 Å². The van der Waals surface area contributed by atoms with Gasteiger partial charge in [-0.05, 0) is 43.3 Å². The average molecular weight is 433 g/mol. The minimum absolute atomic E-state index is 0.0850. The second-order valence-corrected chi connectivity index (χ2v) is 10.3. The van der Waals surface area contributed by atoms with Gasteiger partial charge in [-0.2, -0.15) is 4.31 Å². The first-order chi connectivity index (χ1) is 14.0. The van der Waals surface area contributed by atoms with Crippen LogP contribution < -0.4 is 5.32 Å². The quantitative estimate of drug-likeness (QED) is 0.649. The zero-order valence-corrected chi connectivity index (χ0v) is 17.9. The number of fused-ring (bicyclic) bond motifs is 1. The van der Waals surface area contributed by atoms with Crippen molar-refractivity contribution in [1.29, 1.82) is 0 Å². The lowest BCUT2D eigenvalue weighted by Crippen LogP contribution is -2.45. The summed E-state index contributed by atoms with van der Waals surface area (Å²) in [6.07, 6.45) is 1.39. The van der Waals surface area contributed by atoms with Crippen molar-refractivity contribution in [2.24, 2.45) is 5.92 Å². The number of benzene rings is 1. The zero-order chi connectivity index (χ0) is 20.4. The number of amides is 1. The van der Waals surface area contributed by atoms with Crippen molar-refractivity contribution in [1.82, 2.24) is 19.2 Å². The number of nitrogens with one attached hydrogen (secondary N) is 1. The molecule has 0 aliphatic carbocycles. The minimum Gasteiger partial charge on any atom is -0.354 e. The molecule has 1 amide bonds. The maximum atomic E-state index is 12.7. The van der Waals surface area contributed by atoms with Gasteiger partial charge >= 0.3 is 0 Å². The van der Waals surface area contributed by atoms with Crippen molar-refractivity contribution in [3.63, 3.8) is 0 Å². The molecule has 1 fully saturated rings. The number of hydrogen-bond acceptors (Lipinski definition) is 5. The molecule has 7 nitrogen and oxygen atoms in total. The molecule has 1 aliphatic heterocycles. The highest BCUT2D eigenvalue weighted by molar-refractivity contribution is 7.91. The lowest BCUT2D eigenvalue weighted by molar-refractivity contribution is -0.126. The number of rotatable bonds is 6. The first-order valence-corrected chi connectivity index (χ1v) is 12.0. The van der Waals surface area contributed by atoms with Crippen molar-refractivity contribution >= 4 is 38.3 Å². The number of carbonyl (C=O) groups is 1. The molecule has 2 aromatic heterocycles. The summed E-state index contributed by atoms with van der Waals surface area (Å²) in [5.74, 6) is 0.503. The SMILES string of the molecule is Cc1nc2ccccc2n1CCNC(=O)[C@@H]1CCCN(S(=O)(=O)c2cccs2)C1. The third-order valence-corrected chi connectivity index (χ3v) is 8.56. The topological polar surface area (TPSA) is 84.3 Å². The first-order valence-electron chi connectivity index (χ1n) is 9.70. The van der Waals surface area contributed by atoms with Crippen LogP contribution in [0.25, 0.3) is 11.0 Å². The largest absolute Gasteiger partial charge is 0.354 e. The molecular formula is C20H24N4O3S2. The van der Waals surface area contributed by atoms with Crippen molar-refractivity contribution in [2.75, 3.05) is 19.6 Å². The van der Waals surface area contributed by atoms with Gasteiger partial charge in [0.15, 0.2) is 0 Å². The fourth-order valence-electron chi connectivity index (χ4n) is 3.83. The van der Waals surface area contributed by atoms with E-state index in [1.807, 2.05) is 31.2 Å². The Morgan fingerprint density at radius 1 is 1.28 bits per heavy atom. The van der Waals surface area contributed by atoms with Crippen LogP contribution in [-0.2, 0) is 21.4 Å². The van der Waals surface area contributed by atoms with Crippen molar-refractivity contribution in [3.05, 3.63) is 47.6 Å². The summed E-state index contributed by atoms with van der Waals surface area (Å²) in [7, 11) is -3.51. The molecule has 0 unspecified atom stereocenters.